The number of benzene rings is 1. The first-order valence-corrected chi connectivity index (χ1v) is 3.80. The van der Waals surface area contributed by atoms with E-state index < -0.39 is 21.3 Å². The maximum atomic E-state index is 10.4. The van der Waals surface area contributed by atoms with E-state index in [0.29, 0.717) is 6.20 Å². The number of phenolic OH excluding ortho intramolecular Hbond substituents is 1. The van der Waals surface area contributed by atoms with Crippen molar-refractivity contribution in [2.45, 2.75) is 0 Å². The topological polar surface area (TPSA) is 107 Å². The van der Waals surface area contributed by atoms with E-state index in [4.69, 9.17) is 5.11 Å². The quantitative estimate of drug-likeness (QED) is 0.601. The Labute approximate surface area is 83.6 Å². The molecule has 0 aliphatic carbocycles. The minimum Gasteiger partial charge on any atom is -0.502 e. The van der Waals surface area contributed by atoms with E-state index in [0.717, 1.165) is 18.2 Å². The van der Waals surface area contributed by atoms with Gasteiger partial charge in [0, 0.05) is 12.1 Å². The zero-order valence-corrected chi connectivity index (χ0v) is 7.36. The molecule has 0 aliphatic rings. The number of hydrogen-bond acceptors (Lipinski definition) is 5. The second kappa shape index (κ2) is 4.18. The third-order valence-corrected chi connectivity index (χ3v) is 1.58. The summed E-state index contributed by atoms with van der Waals surface area (Å²) in [4.78, 5) is 18.9. The van der Waals surface area contributed by atoms with E-state index in [1.807, 2.05) is 0 Å². The Bertz CT molecular complexity index is 441. The summed E-state index contributed by atoms with van der Waals surface area (Å²) in [5.74, 6) is -0.474. The highest BCUT2D eigenvalue weighted by Gasteiger charge is 2.12. The van der Waals surface area contributed by atoms with Crippen molar-refractivity contribution >= 4 is 11.8 Å². The second-order valence-corrected chi connectivity index (χ2v) is 2.61. The minimum absolute atomic E-state index is 0.274. The first-order valence-electron chi connectivity index (χ1n) is 3.80. The zero-order chi connectivity index (χ0) is 11.4. The van der Waals surface area contributed by atoms with Crippen LogP contribution >= 0.6 is 0 Å². The van der Waals surface area contributed by atoms with Crippen LogP contribution in [0.25, 0.3) is 6.08 Å². The largest absolute Gasteiger partial charge is 0.502 e. The number of hydrogen-bond donors (Lipinski definition) is 1. The Kier molecular flexibility index (Phi) is 2.97. The fraction of sp³-hybridized carbons (Fsp3) is 0. The Morgan fingerprint density at radius 1 is 1.27 bits per heavy atom. The Balaban J connectivity index is 3.08. The molecule has 1 aromatic carbocycles. The van der Waals surface area contributed by atoms with Crippen molar-refractivity contribution in [1.82, 2.24) is 0 Å². The first kappa shape index (κ1) is 10.6. The van der Waals surface area contributed by atoms with Crippen molar-refractivity contribution in [2.75, 3.05) is 0 Å². The van der Waals surface area contributed by atoms with Gasteiger partial charge in [0.25, 0.3) is 0 Å². The summed E-state index contributed by atoms with van der Waals surface area (Å²) in [5, 5.41) is 29.5. The smallest absolute Gasteiger partial charge is 0.311 e. The summed E-state index contributed by atoms with van der Waals surface area (Å²) >= 11 is 0. The lowest BCUT2D eigenvalue weighted by Crippen LogP contribution is -1.89. The van der Waals surface area contributed by atoms with Gasteiger partial charge in [-0.15, -0.1) is 0 Å². The number of rotatable bonds is 3. The highest BCUT2D eigenvalue weighted by atomic mass is 16.6. The molecule has 1 rings (SSSR count). The molecule has 78 valence electrons. The van der Waals surface area contributed by atoms with Gasteiger partial charge in [0.15, 0.2) is 5.75 Å². The molecule has 0 heterocycles. The van der Waals surface area contributed by atoms with E-state index in [-0.39, 0.29) is 5.56 Å². The lowest BCUT2D eigenvalue weighted by Gasteiger charge is -1.96. The number of phenols is 1. The van der Waals surface area contributed by atoms with Crippen molar-refractivity contribution in [3.63, 3.8) is 0 Å². The third kappa shape index (κ3) is 2.76. The lowest BCUT2D eigenvalue weighted by atomic mass is 10.2. The van der Waals surface area contributed by atoms with Gasteiger partial charge in [-0.1, -0.05) is 6.07 Å². The van der Waals surface area contributed by atoms with E-state index in [1.54, 1.807) is 0 Å². The molecule has 7 heteroatoms. The van der Waals surface area contributed by atoms with Crippen LogP contribution in [0, 0.1) is 20.2 Å². The molecular formula is C8H6N2O5. The van der Waals surface area contributed by atoms with Gasteiger partial charge in [-0.05, 0) is 11.6 Å². The number of aromatic hydroxyl groups is 1. The Hall–Kier alpha value is -2.44. The molecule has 0 amide bonds. The van der Waals surface area contributed by atoms with Crippen molar-refractivity contribution in [3.05, 3.63) is 50.2 Å². The average molecular weight is 210 g/mol. The summed E-state index contributed by atoms with van der Waals surface area (Å²) in [6.45, 7) is 0. The second-order valence-electron chi connectivity index (χ2n) is 2.61. The molecule has 1 N–H and O–H groups in total. The van der Waals surface area contributed by atoms with Crippen LogP contribution in [0.4, 0.5) is 5.69 Å². The van der Waals surface area contributed by atoms with Gasteiger partial charge in [-0.3, -0.25) is 20.2 Å². The predicted octanol–water partition coefficient (Wildman–Crippen LogP) is 1.55. The number of nitro benzene ring substituents is 1. The molecule has 0 fully saturated rings. The van der Waals surface area contributed by atoms with Gasteiger partial charge in [-0.2, -0.15) is 0 Å². The monoisotopic (exact) mass is 210 g/mol. The minimum atomic E-state index is -0.765. The van der Waals surface area contributed by atoms with Crippen LogP contribution in [0.3, 0.4) is 0 Å². The molecule has 0 aromatic heterocycles. The molecule has 0 spiro atoms. The van der Waals surface area contributed by atoms with Crippen LogP contribution in [0.5, 0.6) is 5.75 Å². The molecular weight excluding hydrogens is 204 g/mol. The van der Waals surface area contributed by atoms with Gasteiger partial charge in [0.1, 0.15) is 0 Å². The van der Waals surface area contributed by atoms with Crippen LogP contribution < -0.4 is 0 Å². The summed E-state index contributed by atoms with van der Waals surface area (Å²) < 4.78 is 0. The van der Waals surface area contributed by atoms with Gasteiger partial charge in [-0.25, -0.2) is 0 Å². The Morgan fingerprint density at radius 3 is 2.47 bits per heavy atom. The number of nitrogens with zero attached hydrogens (tertiary/aromatic N) is 2. The molecule has 0 saturated carbocycles. The van der Waals surface area contributed by atoms with E-state index in [9.17, 15) is 20.2 Å². The maximum Gasteiger partial charge on any atom is 0.311 e. The fourth-order valence-corrected chi connectivity index (χ4v) is 0.937. The zero-order valence-electron chi connectivity index (χ0n) is 7.36. The normalized spacial score (nSPS) is 10.4. The van der Waals surface area contributed by atoms with Crippen molar-refractivity contribution in [1.29, 1.82) is 0 Å². The average Bonchev–Trinajstić information content (AvgIpc) is 2.16. The molecule has 0 atom stereocenters. The van der Waals surface area contributed by atoms with Gasteiger partial charge < -0.3 is 5.11 Å². The molecule has 15 heavy (non-hydrogen) atoms. The fourth-order valence-electron chi connectivity index (χ4n) is 0.937. The maximum absolute atomic E-state index is 10.4. The molecule has 0 saturated heterocycles. The van der Waals surface area contributed by atoms with Crippen LogP contribution in [0.15, 0.2) is 24.4 Å². The summed E-state index contributed by atoms with van der Waals surface area (Å²) in [6.07, 6.45) is 1.77. The van der Waals surface area contributed by atoms with Crippen LogP contribution in [0.1, 0.15) is 5.56 Å². The van der Waals surface area contributed by atoms with Crippen LogP contribution in [0.2, 0.25) is 0 Å². The highest BCUT2D eigenvalue weighted by molar-refractivity contribution is 5.57. The van der Waals surface area contributed by atoms with Crippen LogP contribution in [-0.2, 0) is 0 Å². The predicted molar refractivity (Wildman–Crippen MR) is 50.8 cm³/mol. The number of nitro groups is 2. The van der Waals surface area contributed by atoms with Crippen LogP contribution in [-0.4, -0.2) is 15.0 Å². The van der Waals surface area contributed by atoms with E-state index in [2.05, 4.69) is 0 Å². The Morgan fingerprint density at radius 2 is 1.93 bits per heavy atom. The summed E-state index contributed by atoms with van der Waals surface area (Å²) in [6, 6.07) is 3.50. The summed E-state index contributed by atoms with van der Waals surface area (Å²) in [7, 11) is 0. The molecule has 0 aliphatic heterocycles. The molecule has 0 unspecified atom stereocenters. The van der Waals surface area contributed by atoms with E-state index in [1.165, 1.54) is 6.07 Å². The standard InChI is InChI=1S/C8H6N2O5/c11-8-2-1-6(3-4-9(12)13)5-7(8)10(14)15/h1-5,11H. The first-order chi connectivity index (χ1) is 7.00. The van der Waals surface area contributed by atoms with Crippen molar-refractivity contribution in [3.8, 4) is 5.75 Å². The van der Waals surface area contributed by atoms with Crippen molar-refractivity contribution in [2.24, 2.45) is 0 Å². The summed E-state index contributed by atoms with van der Waals surface area (Å²) in [5.41, 5.74) is -0.211. The molecule has 7 nitrogen and oxygen atoms in total. The van der Waals surface area contributed by atoms with Gasteiger partial charge in [0.2, 0.25) is 6.20 Å². The SMILES string of the molecule is O=[N+]([O-])C=Cc1ccc(O)c([N+](=O)[O-])c1. The van der Waals surface area contributed by atoms with Gasteiger partial charge in [0.05, 0.1) is 9.85 Å². The third-order valence-electron chi connectivity index (χ3n) is 1.58. The molecule has 1 aromatic rings. The lowest BCUT2D eigenvalue weighted by molar-refractivity contribution is -0.400. The van der Waals surface area contributed by atoms with Gasteiger partial charge >= 0.3 is 5.69 Å². The molecule has 0 radical (unpaired) electrons. The van der Waals surface area contributed by atoms with Crippen molar-refractivity contribution < 1.29 is 15.0 Å². The highest BCUT2D eigenvalue weighted by Crippen LogP contribution is 2.26. The van der Waals surface area contributed by atoms with E-state index >= 15 is 0 Å². The molecule has 0 bridgehead atoms.